The van der Waals surface area contributed by atoms with Crippen molar-refractivity contribution >= 4 is 51.3 Å². The van der Waals surface area contributed by atoms with E-state index in [2.05, 4.69) is 57.0 Å². The zero-order valence-corrected chi connectivity index (χ0v) is 27.2. The number of benzene rings is 3. The molecule has 0 aliphatic carbocycles. The molecule has 8 nitrogen and oxygen atoms in total. The van der Waals surface area contributed by atoms with Crippen molar-refractivity contribution in [1.82, 2.24) is 9.99 Å². The van der Waals surface area contributed by atoms with E-state index in [4.69, 9.17) is 41.8 Å². The monoisotopic (exact) mass is 695 g/mol. The van der Waals surface area contributed by atoms with Gasteiger partial charge in [-0.2, -0.15) is 5.10 Å². The third-order valence-electron chi connectivity index (χ3n) is 6.66. The number of ether oxygens (including phenoxy) is 3. The van der Waals surface area contributed by atoms with Crippen LogP contribution in [0.15, 0.2) is 92.9 Å². The van der Waals surface area contributed by atoms with Crippen LogP contribution >= 0.6 is 39.1 Å². The fourth-order valence-electron chi connectivity index (χ4n) is 4.49. The van der Waals surface area contributed by atoms with Gasteiger partial charge in [-0.25, -0.2) is 5.43 Å². The number of hydrogen-bond donors (Lipinski definition) is 1. The third kappa shape index (κ3) is 7.48. The number of nitrogens with one attached hydrogen (secondary N) is 1. The molecule has 0 spiro atoms. The van der Waals surface area contributed by atoms with Crippen LogP contribution in [0.1, 0.15) is 38.8 Å². The Morgan fingerprint density at radius 1 is 0.955 bits per heavy atom. The maximum atomic E-state index is 12.7. The van der Waals surface area contributed by atoms with E-state index < -0.39 is 5.91 Å². The molecule has 2 aromatic heterocycles. The highest BCUT2D eigenvalue weighted by atomic mass is 79.9. The van der Waals surface area contributed by atoms with Crippen LogP contribution in [0, 0.1) is 13.8 Å². The Hall–Kier alpha value is -4.18. The Morgan fingerprint density at radius 2 is 1.70 bits per heavy atom. The first-order valence-electron chi connectivity index (χ1n) is 13.5. The molecule has 1 N–H and O–H groups in total. The Labute approximate surface area is 273 Å². The summed E-state index contributed by atoms with van der Waals surface area (Å²) in [5.41, 5.74) is 7.16. The molecule has 226 valence electrons. The van der Waals surface area contributed by atoms with E-state index in [1.54, 1.807) is 42.5 Å². The number of halogens is 3. The summed E-state index contributed by atoms with van der Waals surface area (Å²) < 4.78 is 26.0. The molecule has 0 aliphatic rings. The van der Waals surface area contributed by atoms with Crippen molar-refractivity contribution < 1.29 is 23.4 Å². The van der Waals surface area contributed by atoms with Crippen molar-refractivity contribution in [3.8, 4) is 22.9 Å². The van der Waals surface area contributed by atoms with E-state index in [1.165, 1.54) is 13.3 Å². The predicted octanol–water partition coefficient (Wildman–Crippen LogP) is 8.69. The zero-order chi connectivity index (χ0) is 31.2. The minimum atomic E-state index is -0.522. The maximum Gasteiger partial charge on any atom is 0.307 e. The van der Waals surface area contributed by atoms with Crippen molar-refractivity contribution in [2.24, 2.45) is 5.10 Å². The number of carbonyl (C=O) groups excluding carboxylic acids is 1. The van der Waals surface area contributed by atoms with Crippen LogP contribution in [0.25, 0.3) is 5.69 Å². The lowest BCUT2D eigenvalue weighted by Crippen LogP contribution is -2.17. The van der Waals surface area contributed by atoms with E-state index in [1.807, 2.05) is 24.3 Å². The van der Waals surface area contributed by atoms with Crippen molar-refractivity contribution in [2.75, 3.05) is 7.11 Å². The van der Waals surface area contributed by atoms with Gasteiger partial charge in [-0.15, -0.1) is 0 Å². The molecule has 0 saturated heterocycles. The largest absolute Gasteiger partial charge is 0.493 e. The number of carbonyl (C=O) groups is 1. The van der Waals surface area contributed by atoms with Gasteiger partial charge in [-0.3, -0.25) is 4.79 Å². The van der Waals surface area contributed by atoms with Gasteiger partial charge in [0.15, 0.2) is 17.3 Å². The van der Waals surface area contributed by atoms with Gasteiger partial charge in [-0.1, -0.05) is 45.2 Å². The van der Waals surface area contributed by atoms with E-state index in [9.17, 15) is 4.79 Å². The molecule has 44 heavy (non-hydrogen) atoms. The van der Waals surface area contributed by atoms with Gasteiger partial charge in [0, 0.05) is 42.7 Å². The summed E-state index contributed by atoms with van der Waals surface area (Å²) in [5, 5.41) is 5.12. The molecule has 0 unspecified atom stereocenters. The number of furan rings is 1. The molecule has 3 aromatic carbocycles. The maximum absolute atomic E-state index is 12.7. The molecule has 11 heteroatoms. The number of hydrazone groups is 1. The lowest BCUT2D eigenvalue weighted by Gasteiger charge is -2.14. The molecule has 0 fully saturated rings. The Balaban J connectivity index is 1.20. The Bertz CT molecular complexity index is 1800. The highest BCUT2D eigenvalue weighted by Gasteiger charge is 2.15. The minimum Gasteiger partial charge on any atom is -0.493 e. The molecule has 2 heterocycles. The molecular weight excluding hydrogens is 669 g/mol. The van der Waals surface area contributed by atoms with Crippen molar-refractivity contribution in [2.45, 2.75) is 27.1 Å². The first kappa shape index (κ1) is 31.3. The fraction of sp³-hybridized carbons (Fsp3) is 0.152. The van der Waals surface area contributed by atoms with Crippen LogP contribution < -0.4 is 19.6 Å². The SMILES string of the molecule is COc1cc(Br)cc(C=NNC(=O)c2ccc(COc3ccc(-n4c(C)ccc4C)cc3)o2)c1OCc1ccc(Cl)cc1Cl. The van der Waals surface area contributed by atoms with Crippen molar-refractivity contribution in [3.05, 3.63) is 127 Å². The van der Waals surface area contributed by atoms with Crippen LogP contribution in [-0.4, -0.2) is 23.8 Å². The number of rotatable bonds is 11. The normalized spacial score (nSPS) is 11.1. The van der Waals surface area contributed by atoms with Gasteiger partial charge < -0.3 is 23.2 Å². The Morgan fingerprint density at radius 3 is 2.41 bits per heavy atom. The van der Waals surface area contributed by atoms with E-state index in [-0.39, 0.29) is 19.0 Å². The average molecular weight is 697 g/mol. The Kier molecular flexibility index (Phi) is 9.99. The minimum absolute atomic E-state index is 0.0929. The summed E-state index contributed by atoms with van der Waals surface area (Å²) in [4.78, 5) is 12.7. The first-order valence-corrected chi connectivity index (χ1v) is 15.0. The zero-order valence-electron chi connectivity index (χ0n) is 24.1. The van der Waals surface area contributed by atoms with Crippen LogP contribution in [0.4, 0.5) is 0 Å². The number of aromatic nitrogens is 1. The smallest absolute Gasteiger partial charge is 0.307 e. The van der Waals surface area contributed by atoms with Gasteiger partial charge in [0.05, 0.1) is 13.3 Å². The second-order valence-electron chi connectivity index (χ2n) is 9.75. The molecule has 0 atom stereocenters. The summed E-state index contributed by atoms with van der Waals surface area (Å²) in [5.74, 6) is 1.64. The third-order valence-corrected chi connectivity index (χ3v) is 7.70. The van der Waals surface area contributed by atoms with Crippen LogP contribution in [0.2, 0.25) is 10.0 Å². The first-order chi connectivity index (χ1) is 21.2. The van der Waals surface area contributed by atoms with E-state index in [0.29, 0.717) is 38.6 Å². The van der Waals surface area contributed by atoms with Crippen LogP contribution in [0.3, 0.4) is 0 Å². The van der Waals surface area contributed by atoms with Crippen molar-refractivity contribution in [1.29, 1.82) is 0 Å². The summed E-state index contributed by atoms with van der Waals surface area (Å²) in [7, 11) is 1.53. The summed E-state index contributed by atoms with van der Waals surface area (Å²) >= 11 is 15.8. The number of hydrogen-bond acceptors (Lipinski definition) is 6. The molecule has 1 amide bonds. The van der Waals surface area contributed by atoms with E-state index in [0.717, 1.165) is 27.1 Å². The highest BCUT2D eigenvalue weighted by Crippen LogP contribution is 2.35. The second kappa shape index (κ2) is 14.1. The lowest BCUT2D eigenvalue weighted by molar-refractivity contribution is 0.0923. The molecule has 0 saturated carbocycles. The fourth-order valence-corrected chi connectivity index (χ4v) is 5.41. The standard InChI is InChI=1S/C33H28BrCl2N3O5/c1-20-4-5-21(2)39(20)26-8-10-27(11-9-26)42-19-28-12-13-30(44-28)33(40)38-37-17-23-14-24(34)15-31(41-3)32(23)43-18-22-6-7-25(35)16-29(22)36/h4-17H,18-19H2,1-3H3,(H,38,40). The summed E-state index contributed by atoms with van der Waals surface area (Å²) in [6, 6.07) is 23.9. The van der Waals surface area contributed by atoms with Gasteiger partial charge in [-0.05, 0) is 86.6 Å². The summed E-state index contributed by atoms with van der Waals surface area (Å²) in [6.45, 7) is 4.46. The van der Waals surface area contributed by atoms with Crippen LogP contribution in [0.5, 0.6) is 17.2 Å². The number of amides is 1. The van der Waals surface area contributed by atoms with Gasteiger partial charge >= 0.3 is 5.91 Å². The van der Waals surface area contributed by atoms with Gasteiger partial charge in [0.1, 0.15) is 24.7 Å². The van der Waals surface area contributed by atoms with Crippen LogP contribution in [-0.2, 0) is 13.2 Å². The highest BCUT2D eigenvalue weighted by molar-refractivity contribution is 9.10. The lowest BCUT2D eigenvalue weighted by atomic mass is 10.2. The molecule has 5 rings (SSSR count). The summed E-state index contributed by atoms with van der Waals surface area (Å²) in [6.07, 6.45) is 1.46. The number of aryl methyl sites for hydroxylation is 2. The quantitative estimate of drug-likeness (QED) is 0.110. The topological polar surface area (TPSA) is 87.2 Å². The average Bonchev–Trinajstić information content (AvgIpc) is 3.62. The number of nitrogens with zero attached hydrogens (tertiary/aromatic N) is 2. The molecular formula is C33H28BrCl2N3O5. The molecule has 0 radical (unpaired) electrons. The second-order valence-corrected chi connectivity index (χ2v) is 11.5. The number of methoxy groups -OCH3 is 1. The molecule has 0 bridgehead atoms. The molecule has 5 aromatic rings. The van der Waals surface area contributed by atoms with E-state index >= 15 is 0 Å². The molecule has 0 aliphatic heterocycles. The predicted molar refractivity (Wildman–Crippen MR) is 175 cm³/mol. The van der Waals surface area contributed by atoms with Gasteiger partial charge in [0.25, 0.3) is 0 Å². The van der Waals surface area contributed by atoms with Crippen molar-refractivity contribution in [3.63, 3.8) is 0 Å². The van der Waals surface area contributed by atoms with Gasteiger partial charge in [0.2, 0.25) is 0 Å².